The van der Waals surface area contributed by atoms with Gasteiger partial charge in [-0.3, -0.25) is 0 Å². The quantitative estimate of drug-likeness (QED) is 0.732. The normalized spacial score (nSPS) is 9.58. The second-order valence-corrected chi connectivity index (χ2v) is 3.40. The fourth-order valence-electron chi connectivity index (χ4n) is 1.25. The molecular formula is C12H12BN2O4. The zero-order chi connectivity index (χ0) is 13.5. The van der Waals surface area contributed by atoms with Crippen LogP contribution in [-0.4, -0.2) is 31.9 Å². The Morgan fingerprint density at radius 2 is 1.26 bits per heavy atom. The number of hydrogen-bond acceptors (Lipinski definition) is 6. The van der Waals surface area contributed by atoms with E-state index in [1.165, 1.54) is 20.1 Å². The molecule has 7 heteroatoms. The number of rotatable bonds is 6. The van der Waals surface area contributed by atoms with Crippen molar-refractivity contribution >= 4 is 7.69 Å². The van der Waals surface area contributed by atoms with E-state index in [2.05, 4.69) is 9.97 Å². The van der Waals surface area contributed by atoms with Crippen molar-refractivity contribution in [3.63, 3.8) is 0 Å². The SMILES string of the molecule is COc1ccc(O[B]Oc2ccc(OC)nc2)cn1. The minimum absolute atomic E-state index is 0.521. The van der Waals surface area contributed by atoms with Crippen LogP contribution in [0.4, 0.5) is 0 Å². The molecule has 6 nitrogen and oxygen atoms in total. The van der Waals surface area contributed by atoms with Crippen LogP contribution in [0.5, 0.6) is 23.3 Å². The molecule has 0 unspecified atom stereocenters. The zero-order valence-electron chi connectivity index (χ0n) is 10.6. The summed E-state index contributed by atoms with van der Waals surface area (Å²) in [5, 5.41) is 0. The molecule has 0 saturated heterocycles. The van der Waals surface area contributed by atoms with E-state index >= 15 is 0 Å². The lowest BCUT2D eigenvalue weighted by Crippen LogP contribution is -2.11. The molecule has 0 saturated carbocycles. The molecule has 2 rings (SSSR count). The van der Waals surface area contributed by atoms with Gasteiger partial charge in [-0.05, 0) is 12.1 Å². The molecule has 0 N–H and O–H groups in total. The maximum atomic E-state index is 5.24. The van der Waals surface area contributed by atoms with Crippen LogP contribution in [-0.2, 0) is 0 Å². The summed E-state index contributed by atoms with van der Waals surface area (Å²) < 4.78 is 20.4. The van der Waals surface area contributed by atoms with Crippen molar-refractivity contribution in [2.75, 3.05) is 14.2 Å². The summed E-state index contributed by atoms with van der Waals surface area (Å²) in [7, 11) is 4.30. The van der Waals surface area contributed by atoms with Crippen LogP contribution in [0, 0.1) is 0 Å². The van der Waals surface area contributed by atoms with Crippen molar-refractivity contribution in [3.8, 4) is 23.3 Å². The second-order valence-electron chi connectivity index (χ2n) is 3.40. The first-order valence-electron chi connectivity index (χ1n) is 5.47. The third-order valence-corrected chi connectivity index (χ3v) is 2.21. The molecule has 0 fully saturated rings. The first-order valence-corrected chi connectivity index (χ1v) is 5.47. The molecule has 1 radical (unpaired) electrons. The molecule has 97 valence electrons. The molecule has 0 aromatic carbocycles. The van der Waals surface area contributed by atoms with Gasteiger partial charge in [-0.1, -0.05) is 0 Å². The number of methoxy groups -OCH3 is 2. The number of aromatic nitrogens is 2. The van der Waals surface area contributed by atoms with Crippen LogP contribution < -0.4 is 18.8 Å². The molecule has 0 aliphatic rings. The van der Waals surface area contributed by atoms with Crippen LogP contribution in [0.2, 0.25) is 0 Å². The van der Waals surface area contributed by atoms with Crippen LogP contribution in [0.1, 0.15) is 0 Å². The maximum absolute atomic E-state index is 5.24. The molecule has 0 aliphatic carbocycles. The lowest BCUT2D eigenvalue weighted by Gasteiger charge is -2.06. The van der Waals surface area contributed by atoms with E-state index < -0.39 is 0 Å². The Hall–Kier alpha value is -2.44. The van der Waals surface area contributed by atoms with Gasteiger partial charge in [0, 0.05) is 12.1 Å². The van der Waals surface area contributed by atoms with Crippen molar-refractivity contribution in [3.05, 3.63) is 36.7 Å². The van der Waals surface area contributed by atoms with E-state index in [4.69, 9.17) is 18.8 Å². The average Bonchev–Trinajstić information content (AvgIpc) is 2.49. The van der Waals surface area contributed by atoms with E-state index in [1.807, 2.05) is 0 Å². The molecule has 0 atom stereocenters. The predicted octanol–water partition coefficient (Wildman–Crippen LogP) is 1.49. The minimum atomic E-state index is 0.521. The summed E-state index contributed by atoms with van der Waals surface area (Å²) in [4.78, 5) is 7.99. The Morgan fingerprint density at radius 1 is 0.789 bits per heavy atom. The monoisotopic (exact) mass is 259 g/mol. The summed E-state index contributed by atoms with van der Waals surface area (Å²) in [6.45, 7) is 0. The Bertz CT molecular complexity index is 457. The van der Waals surface area contributed by atoms with Gasteiger partial charge in [0.2, 0.25) is 11.8 Å². The molecular weight excluding hydrogens is 247 g/mol. The van der Waals surface area contributed by atoms with E-state index in [0.29, 0.717) is 23.3 Å². The largest absolute Gasteiger partial charge is 0.658 e. The molecule has 0 spiro atoms. The van der Waals surface area contributed by atoms with Gasteiger partial charge in [0.1, 0.15) is 11.5 Å². The fraction of sp³-hybridized carbons (Fsp3) is 0.167. The summed E-state index contributed by atoms with van der Waals surface area (Å²) in [5.74, 6) is 2.13. The summed E-state index contributed by atoms with van der Waals surface area (Å²) >= 11 is 0. The van der Waals surface area contributed by atoms with E-state index in [1.54, 1.807) is 38.5 Å². The lowest BCUT2D eigenvalue weighted by molar-refractivity contribution is 0.393. The van der Waals surface area contributed by atoms with Gasteiger partial charge in [-0.15, -0.1) is 0 Å². The van der Waals surface area contributed by atoms with Crippen LogP contribution >= 0.6 is 0 Å². The average molecular weight is 259 g/mol. The molecule has 0 aliphatic heterocycles. The smallest absolute Gasteiger partial charge is 0.525 e. The van der Waals surface area contributed by atoms with Gasteiger partial charge in [-0.25, -0.2) is 9.97 Å². The van der Waals surface area contributed by atoms with Crippen molar-refractivity contribution in [1.29, 1.82) is 0 Å². The first-order chi connectivity index (χ1) is 9.31. The Balaban J connectivity index is 1.81. The molecule has 0 bridgehead atoms. The van der Waals surface area contributed by atoms with Gasteiger partial charge in [0.25, 0.3) is 0 Å². The molecule has 19 heavy (non-hydrogen) atoms. The van der Waals surface area contributed by atoms with Crippen LogP contribution in [0.3, 0.4) is 0 Å². The first kappa shape index (κ1) is 13.0. The van der Waals surface area contributed by atoms with Gasteiger partial charge >= 0.3 is 7.69 Å². The van der Waals surface area contributed by atoms with E-state index in [9.17, 15) is 0 Å². The van der Waals surface area contributed by atoms with Gasteiger partial charge < -0.3 is 18.8 Å². The predicted molar refractivity (Wildman–Crippen MR) is 68.6 cm³/mol. The molecule has 0 amide bonds. The number of nitrogens with zero attached hydrogens (tertiary/aromatic N) is 2. The molecule has 2 aromatic rings. The van der Waals surface area contributed by atoms with Crippen molar-refractivity contribution in [2.24, 2.45) is 0 Å². The zero-order valence-corrected chi connectivity index (χ0v) is 10.6. The summed E-state index contributed by atoms with van der Waals surface area (Å²) in [5.41, 5.74) is 0. The second kappa shape index (κ2) is 6.48. The highest BCUT2D eigenvalue weighted by molar-refractivity contribution is 6.20. The standard InChI is InChI=1S/C12H12BN2O4/c1-16-11-5-3-9(7-14-11)18-13-19-10-4-6-12(17-2)15-8-10/h3-8H,1-2H3. The van der Waals surface area contributed by atoms with E-state index in [0.717, 1.165) is 0 Å². The lowest BCUT2D eigenvalue weighted by atomic mass is 10.3. The number of hydrogen-bond donors (Lipinski definition) is 0. The summed E-state index contributed by atoms with van der Waals surface area (Å²) in [6, 6.07) is 6.83. The Labute approximate surface area is 111 Å². The highest BCUT2D eigenvalue weighted by atomic mass is 16.6. The Morgan fingerprint density at radius 3 is 1.58 bits per heavy atom. The van der Waals surface area contributed by atoms with E-state index in [-0.39, 0.29) is 0 Å². The van der Waals surface area contributed by atoms with Gasteiger partial charge in [0.05, 0.1) is 26.6 Å². The highest BCUT2D eigenvalue weighted by Crippen LogP contribution is 2.15. The van der Waals surface area contributed by atoms with Gasteiger partial charge in [0.15, 0.2) is 0 Å². The van der Waals surface area contributed by atoms with Crippen molar-refractivity contribution in [1.82, 2.24) is 9.97 Å². The highest BCUT2D eigenvalue weighted by Gasteiger charge is 2.03. The van der Waals surface area contributed by atoms with Gasteiger partial charge in [-0.2, -0.15) is 0 Å². The fourth-order valence-corrected chi connectivity index (χ4v) is 1.25. The molecule has 2 aromatic heterocycles. The third kappa shape index (κ3) is 3.77. The summed E-state index contributed by atoms with van der Waals surface area (Å²) in [6.07, 6.45) is 3.07. The topological polar surface area (TPSA) is 62.7 Å². The third-order valence-electron chi connectivity index (χ3n) is 2.21. The number of pyridine rings is 2. The number of ether oxygens (including phenoxy) is 2. The maximum Gasteiger partial charge on any atom is 0.658 e. The van der Waals surface area contributed by atoms with Crippen molar-refractivity contribution in [2.45, 2.75) is 0 Å². The van der Waals surface area contributed by atoms with Crippen LogP contribution in [0.15, 0.2) is 36.7 Å². The van der Waals surface area contributed by atoms with Crippen LogP contribution in [0.25, 0.3) is 0 Å². The van der Waals surface area contributed by atoms with Crippen molar-refractivity contribution < 1.29 is 18.8 Å². The Kier molecular flexibility index (Phi) is 4.44. The molecule has 2 heterocycles. The minimum Gasteiger partial charge on any atom is -0.525 e.